The second-order valence-corrected chi connectivity index (χ2v) is 5.35. The summed E-state index contributed by atoms with van der Waals surface area (Å²) in [5.41, 5.74) is 1.04. The number of carbonyl (C=O) groups excluding carboxylic acids is 1. The lowest BCUT2D eigenvalue weighted by atomic mass is 10.1. The molecule has 0 radical (unpaired) electrons. The maximum Gasteiger partial charge on any atom is 0.268 e. The molecule has 4 nitrogen and oxygen atoms in total. The zero-order valence-corrected chi connectivity index (χ0v) is 12.4. The number of benzene rings is 1. The Balaban J connectivity index is 1.96. The monoisotopic (exact) mass is 340 g/mol. The largest absolute Gasteiger partial charge is 0.387 e. The molecule has 6 heteroatoms. The van der Waals surface area contributed by atoms with Crippen molar-refractivity contribution < 1.29 is 14.3 Å². The molecule has 0 saturated heterocycles. The van der Waals surface area contributed by atoms with Gasteiger partial charge in [-0.25, -0.2) is 4.39 Å². The van der Waals surface area contributed by atoms with Gasteiger partial charge in [-0.3, -0.25) is 4.79 Å². The van der Waals surface area contributed by atoms with Crippen LogP contribution in [0, 0.1) is 5.82 Å². The summed E-state index contributed by atoms with van der Waals surface area (Å²) in [5, 5.41) is 12.6. The summed E-state index contributed by atoms with van der Waals surface area (Å²) < 4.78 is 15.3. The third-order valence-corrected chi connectivity index (χ3v) is 3.35. The van der Waals surface area contributed by atoms with Crippen LogP contribution in [0.2, 0.25) is 0 Å². The average molecular weight is 341 g/mol. The van der Waals surface area contributed by atoms with Crippen LogP contribution in [-0.4, -0.2) is 22.1 Å². The zero-order valence-electron chi connectivity index (χ0n) is 10.8. The number of carbonyl (C=O) groups is 1. The van der Waals surface area contributed by atoms with Crippen LogP contribution < -0.4 is 5.32 Å². The number of aromatic nitrogens is 1. The number of nitrogens with one attached hydrogen (secondary N) is 1. The summed E-state index contributed by atoms with van der Waals surface area (Å²) >= 11 is 3.29. The molecule has 0 aliphatic rings. The van der Waals surface area contributed by atoms with Gasteiger partial charge < -0.3 is 15.0 Å². The minimum atomic E-state index is -0.872. The van der Waals surface area contributed by atoms with Crippen molar-refractivity contribution in [2.24, 2.45) is 7.05 Å². The van der Waals surface area contributed by atoms with Crippen molar-refractivity contribution in [1.82, 2.24) is 9.88 Å². The van der Waals surface area contributed by atoms with Gasteiger partial charge in [-0.15, -0.1) is 0 Å². The van der Waals surface area contributed by atoms with Gasteiger partial charge >= 0.3 is 0 Å². The summed E-state index contributed by atoms with van der Waals surface area (Å²) in [7, 11) is 1.76. The van der Waals surface area contributed by atoms with E-state index in [1.165, 1.54) is 24.3 Å². The fourth-order valence-electron chi connectivity index (χ4n) is 1.83. The van der Waals surface area contributed by atoms with Gasteiger partial charge in [0, 0.05) is 24.3 Å². The molecule has 0 saturated carbocycles. The van der Waals surface area contributed by atoms with Crippen LogP contribution in [0.25, 0.3) is 0 Å². The molecule has 2 aromatic rings. The number of aliphatic hydroxyl groups is 1. The molecular weight excluding hydrogens is 327 g/mol. The molecule has 1 amide bonds. The Morgan fingerprint density at radius 1 is 1.45 bits per heavy atom. The van der Waals surface area contributed by atoms with Crippen LogP contribution >= 0.6 is 15.9 Å². The van der Waals surface area contributed by atoms with Crippen LogP contribution in [0.3, 0.4) is 0 Å². The van der Waals surface area contributed by atoms with Gasteiger partial charge in [0.15, 0.2) is 0 Å². The van der Waals surface area contributed by atoms with Crippen molar-refractivity contribution in [3.05, 3.63) is 58.1 Å². The number of rotatable bonds is 4. The third-order valence-electron chi connectivity index (χ3n) is 2.91. The molecular formula is C14H14BrFN2O2. The molecule has 0 aliphatic heterocycles. The van der Waals surface area contributed by atoms with E-state index in [2.05, 4.69) is 21.2 Å². The fourth-order valence-corrected chi connectivity index (χ4v) is 2.36. The first-order chi connectivity index (χ1) is 9.47. The Bertz CT molecular complexity index is 610. The quantitative estimate of drug-likeness (QED) is 0.897. The molecule has 2 N–H and O–H groups in total. The number of hydrogen-bond donors (Lipinski definition) is 2. The summed E-state index contributed by atoms with van der Waals surface area (Å²) in [6, 6.07) is 7.22. The summed E-state index contributed by atoms with van der Waals surface area (Å²) in [6.45, 7) is 0.0628. The second-order valence-electron chi connectivity index (χ2n) is 4.43. The highest BCUT2D eigenvalue weighted by atomic mass is 79.9. The Labute approximate surface area is 124 Å². The van der Waals surface area contributed by atoms with E-state index >= 15 is 0 Å². The normalized spacial score (nSPS) is 12.2. The average Bonchev–Trinajstić information content (AvgIpc) is 2.75. The second kappa shape index (κ2) is 6.19. The number of aryl methyl sites for hydroxylation is 1. The Kier molecular flexibility index (Phi) is 4.57. The van der Waals surface area contributed by atoms with Gasteiger partial charge in [0.05, 0.1) is 6.10 Å². The van der Waals surface area contributed by atoms with Crippen molar-refractivity contribution in [2.45, 2.75) is 6.10 Å². The molecule has 106 valence electrons. The Hall–Kier alpha value is -1.66. The van der Waals surface area contributed by atoms with E-state index in [1.807, 2.05) is 0 Å². The lowest BCUT2D eigenvalue weighted by molar-refractivity contribution is 0.0908. The predicted molar refractivity (Wildman–Crippen MR) is 76.8 cm³/mol. The number of halogens is 2. The van der Waals surface area contributed by atoms with Crippen LogP contribution in [0.4, 0.5) is 4.39 Å². The maximum absolute atomic E-state index is 12.8. The highest BCUT2D eigenvalue weighted by Gasteiger charge is 2.13. The molecule has 2 rings (SSSR count). The number of hydrogen-bond acceptors (Lipinski definition) is 2. The molecule has 0 aliphatic carbocycles. The van der Waals surface area contributed by atoms with E-state index in [9.17, 15) is 14.3 Å². The lowest BCUT2D eigenvalue weighted by Crippen LogP contribution is -2.29. The maximum atomic E-state index is 12.8. The van der Waals surface area contributed by atoms with E-state index in [0.717, 1.165) is 4.47 Å². The highest BCUT2D eigenvalue weighted by molar-refractivity contribution is 9.10. The Morgan fingerprint density at radius 2 is 2.10 bits per heavy atom. The summed E-state index contributed by atoms with van der Waals surface area (Å²) in [5.74, 6) is -0.641. The molecule has 0 spiro atoms. The summed E-state index contributed by atoms with van der Waals surface area (Å²) in [4.78, 5) is 11.9. The first-order valence-electron chi connectivity index (χ1n) is 6.01. The molecule has 1 aromatic carbocycles. The first kappa shape index (κ1) is 14.7. The number of amides is 1. The van der Waals surface area contributed by atoms with Crippen molar-refractivity contribution >= 4 is 21.8 Å². The molecule has 0 bridgehead atoms. The zero-order chi connectivity index (χ0) is 14.7. The van der Waals surface area contributed by atoms with Crippen LogP contribution in [0.5, 0.6) is 0 Å². The molecule has 1 heterocycles. The van der Waals surface area contributed by atoms with Crippen molar-refractivity contribution in [1.29, 1.82) is 0 Å². The van der Waals surface area contributed by atoms with E-state index in [4.69, 9.17) is 0 Å². The molecule has 1 atom stereocenters. The van der Waals surface area contributed by atoms with E-state index < -0.39 is 6.10 Å². The third kappa shape index (κ3) is 3.46. The molecule has 20 heavy (non-hydrogen) atoms. The van der Waals surface area contributed by atoms with Crippen LogP contribution in [0.15, 0.2) is 41.0 Å². The molecule has 1 aromatic heterocycles. The van der Waals surface area contributed by atoms with Gasteiger partial charge in [0.1, 0.15) is 11.5 Å². The fraction of sp³-hybridized carbons (Fsp3) is 0.214. The smallest absolute Gasteiger partial charge is 0.268 e. The summed E-state index contributed by atoms with van der Waals surface area (Å²) in [6.07, 6.45) is 0.897. The topological polar surface area (TPSA) is 54.3 Å². The van der Waals surface area contributed by atoms with E-state index in [1.54, 1.807) is 23.9 Å². The lowest BCUT2D eigenvalue weighted by Gasteiger charge is -2.12. The minimum Gasteiger partial charge on any atom is -0.387 e. The van der Waals surface area contributed by atoms with Gasteiger partial charge in [-0.1, -0.05) is 12.1 Å². The van der Waals surface area contributed by atoms with Gasteiger partial charge in [0.25, 0.3) is 5.91 Å². The standard InChI is InChI=1S/C14H14BrFN2O2/c1-18-8-10(15)6-12(18)14(20)17-7-13(19)9-2-4-11(16)5-3-9/h2-6,8,13,19H,7H2,1H3,(H,17,20). The van der Waals surface area contributed by atoms with Crippen molar-refractivity contribution in [3.63, 3.8) is 0 Å². The van der Waals surface area contributed by atoms with E-state index in [-0.39, 0.29) is 18.3 Å². The predicted octanol–water partition coefficient (Wildman–Crippen LogP) is 2.39. The van der Waals surface area contributed by atoms with Crippen LogP contribution in [0.1, 0.15) is 22.2 Å². The highest BCUT2D eigenvalue weighted by Crippen LogP contribution is 2.15. The van der Waals surface area contributed by atoms with Crippen LogP contribution in [-0.2, 0) is 7.05 Å². The van der Waals surface area contributed by atoms with Gasteiger partial charge in [-0.2, -0.15) is 0 Å². The van der Waals surface area contributed by atoms with Gasteiger partial charge in [-0.05, 0) is 39.7 Å². The molecule has 1 unspecified atom stereocenters. The van der Waals surface area contributed by atoms with Crippen molar-refractivity contribution in [3.8, 4) is 0 Å². The van der Waals surface area contributed by atoms with Gasteiger partial charge in [0.2, 0.25) is 0 Å². The minimum absolute atomic E-state index is 0.0628. The van der Waals surface area contributed by atoms with E-state index in [0.29, 0.717) is 11.3 Å². The van der Waals surface area contributed by atoms with Crippen molar-refractivity contribution in [2.75, 3.05) is 6.54 Å². The number of nitrogens with zero attached hydrogens (tertiary/aromatic N) is 1. The first-order valence-corrected chi connectivity index (χ1v) is 6.80. The Morgan fingerprint density at radius 3 is 2.65 bits per heavy atom. The SMILES string of the molecule is Cn1cc(Br)cc1C(=O)NCC(O)c1ccc(F)cc1. The molecule has 0 fully saturated rings. The number of aliphatic hydroxyl groups excluding tert-OH is 1.